The number of hydrogen-bond acceptors (Lipinski definition) is 3. The molecule has 0 aliphatic heterocycles. The summed E-state index contributed by atoms with van der Waals surface area (Å²) < 4.78 is 0. The molecule has 0 saturated carbocycles. The molecule has 0 atom stereocenters. The number of benzene rings is 2. The summed E-state index contributed by atoms with van der Waals surface area (Å²) in [5.41, 5.74) is 14.6. The maximum Gasteiger partial charge on any atom is 0.248 e. The molecule has 0 aliphatic carbocycles. The molecule has 2 rings (SSSR count). The van der Waals surface area contributed by atoms with Crippen LogP contribution in [0.1, 0.15) is 29.8 Å². The highest BCUT2D eigenvalue weighted by Gasteiger charge is 2.12. The monoisotopic (exact) mass is 283 g/mol. The zero-order valence-electron chi connectivity index (χ0n) is 12.4. The number of rotatable bonds is 5. The zero-order chi connectivity index (χ0) is 15.4. The summed E-state index contributed by atoms with van der Waals surface area (Å²) in [6.07, 6.45) is 0. The number of nitrogen functional groups attached to an aromatic ring is 1. The van der Waals surface area contributed by atoms with E-state index in [1.165, 1.54) is 0 Å². The lowest BCUT2D eigenvalue weighted by molar-refractivity contribution is 0.100. The average molecular weight is 283 g/mol. The molecule has 2 aromatic rings. The first-order chi connectivity index (χ1) is 9.97. The van der Waals surface area contributed by atoms with Crippen LogP contribution in [0.15, 0.2) is 48.5 Å². The molecule has 0 aliphatic rings. The van der Waals surface area contributed by atoms with Crippen LogP contribution in [0.5, 0.6) is 0 Å². The Morgan fingerprint density at radius 3 is 2.33 bits per heavy atom. The van der Waals surface area contributed by atoms with Crippen LogP contribution in [-0.4, -0.2) is 11.9 Å². The molecular formula is C17H21N3O. The fourth-order valence-corrected chi connectivity index (χ4v) is 2.28. The van der Waals surface area contributed by atoms with Gasteiger partial charge in [0, 0.05) is 29.5 Å². The number of nitrogens with zero attached hydrogens (tertiary/aromatic N) is 1. The van der Waals surface area contributed by atoms with Crippen molar-refractivity contribution in [3.05, 3.63) is 59.7 Å². The van der Waals surface area contributed by atoms with Crippen molar-refractivity contribution in [2.45, 2.75) is 26.4 Å². The summed E-state index contributed by atoms with van der Waals surface area (Å²) in [7, 11) is 0. The second-order valence-electron chi connectivity index (χ2n) is 5.38. The Hall–Kier alpha value is -2.49. The molecule has 0 bridgehead atoms. The van der Waals surface area contributed by atoms with Crippen molar-refractivity contribution < 1.29 is 4.79 Å². The minimum Gasteiger partial charge on any atom is -0.399 e. The fraction of sp³-hybridized carbons (Fsp3) is 0.235. The third-order valence-electron chi connectivity index (χ3n) is 3.41. The van der Waals surface area contributed by atoms with Gasteiger partial charge in [0.25, 0.3) is 0 Å². The van der Waals surface area contributed by atoms with E-state index in [9.17, 15) is 4.79 Å². The van der Waals surface area contributed by atoms with Crippen LogP contribution < -0.4 is 16.4 Å². The maximum absolute atomic E-state index is 11.1. The summed E-state index contributed by atoms with van der Waals surface area (Å²) in [6, 6.07) is 15.6. The molecule has 0 fully saturated rings. The van der Waals surface area contributed by atoms with Crippen molar-refractivity contribution in [2.24, 2.45) is 5.73 Å². The second kappa shape index (κ2) is 6.31. The van der Waals surface area contributed by atoms with E-state index in [0.29, 0.717) is 11.6 Å². The van der Waals surface area contributed by atoms with Gasteiger partial charge in [0.2, 0.25) is 5.91 Å². The number of nitrogens with two attached hydrogens (primary N) is 2. The molecular weight excluding hydrogens is 262 g/mol. The summed E-state index contributed by atoms with van der Waals surface area (Å²) in [6.45, 7) is 5.03. The quantitative estimate of drug-likeness (QED) is 0.829. The molecule has 110 valence electrons. The van der Waals surface area contributed by atoms with E-state index < -0.39 is 5.91 Å². The first-order valence-electron chi connectivity index (χ1n) is 6.98. The van der Waals surface area contributed by atoms with Crippen LogP contribution in [-0.2, 0) is 6.54 Å². The van der Waals surface area contributed by atoms with E-state index in [-0.39, 0.29) is 0 Å². The minimum absolute atomic E-state index is 0.325. The van der Waals surface area contributed by atoms with Crippen molar-refractivity contribution >= 4 is 17.3 Å². The van der Waals surface area contributed by atoms with Crippen molar-refractivity contribution in [3.63, 3.8) is 0 Å². The number of amides is 1. The summed E-state index contributed by atoms with van der Waals surface area (Å²) in [4.78, 5) is 13.4. The third kappa shape index (κ3) is 3.75. The van der Waals surface area contributed by atoms with Crippen molar-refractivity contribution in [2.75, 3.05) is 10.6 Å². The van der Waals surface area contributed by atoms with Crippen LogP contribution in [0.25, 0.3) is 0 Å². The van der Waals surface area contributed by atoms with Crippen LogP contribution in [0.4, 0.5) is 11.4 Å². The third-order valence-corrected chi connectivity index (χ3v) is 3.41. The maximum atomic E-state index is 11.1. The Bertz CT molecular complexity index is 620. The van der Waals surface area contributed by atoms with E-state index in [1.807, 2.05) is 30.3 Å². The Morgan fingerprint density at radius 1 is 1.14 bits per heavy atom. The van der Waals surface area contributed by atoms with Gasteiger partial charge < -0.3 is 16.4 Å². The van der Waals surface area contributed by atoms with E-state index in [1.54, 1.807) is 12.1 Å². The molecule has 0 aromatic heterocycles. The largest absolute Gasteiger partial charge is 0.399 e. The zero-order valence-corrected chi connectivity index (χ0v) is 12.4. The first-order valence-corrected chi connectivity index (χ1v) is 6.98. The Balaban J connectivity index is 2.24. The lowest BCUT2D eigenvalue weighted by atomic mass is 10.1. The van der Waals surface area contributed by atoms with E-state index in [4.69, 9.17) is 11.5 Å². The molecule has 0 spiro atoms. The molecule has 4 N–H and O–H groups in total. The number of hydrogen-bond donors (Lipinski definition) is 2. The molecule has 0 heterocycles. The molecule has 0 unspecified atom stereocenters. The topological polar surface area (TPSA) is 72.3 Å². The van der Waals surface area contributed by atoms with Gasteiger partial charge in [0.1, 0.15) is 0 Å². The van der Waals surface area contributed by atoms with Gasteiger partial charge in [0.05, 0.1) is 0 Å². The molecule has 4 nitrogen and oxygen atoms in total. The standard InChI is InChI=1S/C17H21N3O/c1-12(2)20(11-13-4-3-5-15(18)10-13)16-8-6-14(7-9-16)17(19)21/h3-10,12H,11,18H2,1-2H3,(H2,19,21). The summed E-state index contributed by atoms with van der Waals surface area (Å²) in [5, 5.41) is 0. The van der Waals surface area contributed by atoms with Gasteiger partial charge in [-0.1, -0.05) is 12.1 Å². The Kier molecular flexibility index (Phi) is 4.48. The average Bonchev–Trinajstić information content (AvgIpc) is 2.44. The number of anilines is 2. The molecule has 0 saturated heterocycles. The van der Waals surface area contributed by atoms with Gasteiger partial charge in [-0.2, -0.15) is 0 Å². The van der Waals surface area contributed by atoms with Crippen LogP contribution in [0.3, 0.4) is 0 Å². The molecule has 4 heteroatoms. The number of carbonyl (C=O) groups excluding carboxylic acids is 1. The lowest BCUT2D eigenvalue weighted by Crippen LogP contribution is -2.30. The smallest absolute Gasteiger partial charge is 0.248 e. The number of carbonyl (C=O) groups is 1. The normalized spacial score (nSPS) is 10.6. The predicted molar refractivity (Wildman–Crippen MR) is 87.1 cm³/mol. The number of primary amides is 1. The van der Waals surface area contributed by atoms with Gasteiger partial charge >= 0.3 is 0 Å². The molecule has 21 heavy (non-hydrogen) atoms. The minimum atomic E-state index is -0.409. The van der Waals surface area contributed by atoms with Crippen LogP contribution in [0.2, 0.25) is 0 Å². The highest BCUT2D eigenvalue weighted by Crippen LogP contribution is 2.21. The van der Waals surface area contributed by atoms with Gasteiger partial charge in [-0.15, -0.1) is 0 Å². The van der Waals surface area contributed by atoms with Gasteiger partial charge in [-0.25, -0.2) is 0 Å². The summed E-state index contributed by atoms with van der Waals surface area (Å²) in [5.74, 6) is -0.409. The SMILES string of the molecule is CC(C)N(Cc1cccc(N)c1)c1ccc(C(N)=O)cc1. The van der Waals surface area contributed by atoms with Crippen molar-refractivity contribution in [1.29, 1.82) is 0 Å². The molecule has 1 amide bonds. The van der Waals surface area contributed by atoms with Crippen molar-refractivity contribution in [1.82, 2.24) is 0 Å². The van der Waals surface area contributed by atoms with Crippen LogP contribution >= 0.6 is 0 Å². The van der Waals surface area contributed by atoms with Gasteiger partial charge in [-0.05, 0) is 55.8 Å². The van der Waals surface area contributed by atoms with Gasteiger partial charge in [-0.3, -0.25) is 4.79 Å². The van der Waals surface area contributed by atoms with E-state index >= 15 is 0 Å². The highest BCUT2D eigenvalue weighted by atomic mass is 16.1. The summed E-state index contributed by atoms with van der Waals surface area (Å²) >= 11 is 0. The highest BCUT2D eigenvalue weighted by molar-refractivity contribution is 5.93. The van der Waals surface area contributed by atoms with Crippen LogP contribution in [0, 0.1) is 0 Å². The fourth-order valence-electron chi connectivity index (χ4n) is 2.28. The van der Waals surface area contributed by atoms with Gasteiger partial charge in [0.15, 0.2) is 0 Å². The van der Waals surface area contributed by atoms with E-state index in [0.717, 1.165) is 23.5 Å². The van der Waals surface area contributed by atoms with E-state index in [2.05, 4.69) is 24.8 Å². The predicted octanol–water partition coefficient (Wildman–Crippen LogP) is 2.78. The Morgan fingerprint density at radius 2 is 1.81 bits per heavy atom. The van der Waals surface area contributed by atoms with Crippen molar-refractivity contribution in [3.8, 4) is 0 Å². The lowest BCUT2D eigenvalue weighted by Gasteiger charge is -2.29. The Labute approximate surface area is 125 Å². The first kappa shape index (κ1) is 14.9. The second-order valence-corrected chi connectivity index (χ2v) is 5.38. The molecule has 0 radical (unpaired) electrons. The molecule has 2 aromatic carbocycles.